The Morgan fingerprint density at radius 2 is 2.11 bits per heavy atom. The van der Waals surface area contributed by atoms with E-state index in [1.807, 2.05) is 32.2 Å². The maximum atomic E-state index is 12.1. The van der Waals surface area contributed by atoms with Crippen LogP contribution in [0.15, 0.2) is 17.5 Å². The lowest BCUT2D eigenvalue weighted by atomic mass is 9.86. The molecule has 0 aliphatic carbocycles. The second-order valence-electron chi connectivity index (χ2n) is 5.52. The molecule has 1 rings (SSSR count). The zero-order valence-corrected chi connectivity index (χ0v) is 12.2. The molecule has 0 bridgehead atoms. The minimum Gasteiger partial charge on any atom is -0.481 e. The van der Waals surface area contributed by atoms with Crippen LogP contribution in [0.25, 0.3) is 0 Å². The van der Waals surface area contributed by atoms with E-state index in [0.29, 0.717) is 0 Å². The van der Waals surface area contributed by atoms with Crippen molar-refractivity contribution in [1.29, 1.82) is 0 Å². The van der Waals surface area contributed by atoms with Gasteiger partial charge in [-0.15, -0.1) is 11.3 Å². The molecular formula is C13H20N2O3S. The van der Waals surface area contributed by atoms with E-state index in [0.717, 1.165) is 4.88 Å². The molecule has 106 valence electrons. The van der Waals surface area contributed by atoms with Crippen molar-refractivity contribution in [3.05, 3.63) is 22.4 Å². The third kappa shape index (κ3) is 4.65. The van der Waals surface area contributed by atoms with E-state index < -0.39 is 18.1 Å². The number of nitrogens with one attached hydrogen (secondary N) is 1. The lowest BCUT2D eigenvalue weighted by Gasteiger charge is -2.27. The van der Waals surface area contributed by atoms with Crippen molar-refractivity contribution in [3.63, 3.8) is 0 Å². The molecule has 2 atom stereocenters. The third-order valence-electron chi connectivity index (χ3n) is 2.80. The van der Waals surface area contributed by atoms with E-state index in [4.69, 9.17) is 10.8 Å². The topological polar surface area (TPSA) is 92.4 Å². The van der Waals surface area contributed by atoms with E-state index in [1.165, 1.54) is 11.3 Å². The first-order chi connectivity index (χ1) is 8.71. The Morgan fingerprint density at radius 1 is 1.47 bits per heavy atom. The predicted molar refractivity (Wildman–Crippen MR) is 74.9 cm³/mol. The van der Waals surface area contributed by atoms with Gasteiger partial charge >= 0.3 is 5.97 Å². The van der Waals surface area contributed by atoms with Gasteiger partial charge in [-0.2, -0.15) is 0 Å². The smallest absolute Gasteiger partial charge is 0.305 e. The second kappa shape index (κ2) is 6.16. The maximum absolute atomic E-state index is 12.1. The van der Waals surface area contributed by atoms with Crippen LogP contribution in [-0.2, 0) is 9.59 Å². The van der Waals surface area contributed by atoms with Crippen molar-refractivity contribution in [3.8, 4) is 0 Å². The van der Waals surface area contributed by atoms with E-state index in [-0.39, 0.29) is 17.7 Å². The molecule has 1 aromatic rings. The molecular weight excluding hydrogens is 264 g/mol. The lowest BCUT2D eigenvalue weighted by Crippen LogP contribution is -2.49. The van der Waals surface area contributed by atoms with E-state index >= 15 is 0 Å². The largest absolute Gasteiger partial charge is 0.481 e. The number of carbonyl (C=O) groups excluding carboxylic acids is 1. The third-order valence-corrected chi connectivity index (χ3v) is 3.78. The predicted octanol–water partition coefficient (Wildman–Crippen LogP) is 1.75. The minimum absolute atomic E-state index is 0.150. The first kappa shape index (κ1) is 15.7. The minimum atomic E-state index is -0.956. The van der Waals surface area contributed by atoms with Gasteiger partial charge in [0.05, 0.1) is 18.5 Å². The highest BCUT2D eigenvalue weighted by molar-refractivity contribution is 7.10. The van der Waals surface area contributed by atoms with Crippen LogP contribution in [0.4, 0.5) is 0 Å². The molecule has 0 aromatic carbocycles. The van der Waals surface area contributed by atoms with Gasteiger partial charge in [0.25, 0.3) is 0 Å². The Morgan fingerprint density at radius 3 is 2.53 bits per heavy atom. The lowest BCUT2D eigenvalue weighted by molar-refractivity contribution is -0.137. The fraction of sp³-hybridized carbons (Fsp3) is 0.538. The second-order valence-corrected chi connectivity index (χ2v) is 6.50. The molecule has 19 heavy (non-hydrogen) atoms. The number of amides is 1. The number of rotatable bonds is 5. The molecule has 1 amide bonds. The summed E-state index contributed by atoms with van der Waals surface area (Å²) < 4.78 is 0. The van der Waals surface area contributed by atoms with Crippen LogP contribution in [0.1, 0.15) is 38.1 Å². The van der Waals surface area contributed by atoms with Gasteiger partial charge in [0.1, 0.15) is 0 Å². The number of hydrogen-bond donors (Lipinski definition) is 3. The molecule has 6 heteroatoms. The summed E-state index contributed by atoms with van der Waals surface area (Å²) in [4.78, 5) is 23.7. The maximum Gasteiger partial charge on any atom is 0.305 e. The van der Waals surface area contributed by atoms with E-state index in [9.17, 15) is 9.59 Å². The molecule has 0 radical (unpaired) electrons. The van der Waals surface area contributed by atoms with Gasteiger partial charge in [-0.05, 0) is 16.9 Å². The van der Waals surface area contributed by atoms with Crippen LogP contribution in [-0.4, -0.2) is 23.0 Å². The van der Waals surface area contributed by atoms with E-state index in [1.54, 1.807) is 6.07 Å². The molecule has 0 spiro atoms. The summed E-state index contributed by atoms with van der Waals surface area (Å²) in [6, 6.07) is 2.42. The number of carbonyl (C=O) groups is 2. The van der Waals surface area contributed by atoms with Crippen LogP contribution in [0.3, 0.4) is 0 Å². The summed E-state index contributed by atoms with van der Waals surface area (Å²) in [7, 11) is 0. The van der Waals surface area contributed by atoms with Crippen molar-refractivity contribution in [2.24, 2.45) is 11.1 Å². The van der Waals surface area contributed by atoms with Crippen molar-refractivity contribution in [2.75, 3.05) is 0 Å². The molecule has 0 saturated carbocycles. The number of aliphatic carboxylic acids is 1. The first-order valence-electron chi connectivity index (χ1n) is 6.03. The molecule has 5 nitrogen and oxygen atoms in total. The van der Waals surface area contributed by atoms with Crippen LogP contribution < -0.4 is 11.1 Å². The van der Waals surface area contributed by atoms with Gasteiger partial charge in [-0.25, -0.2) is 0 Å². The molecule has 0 aliphatic rings. The summed E-state index contributed by atoms with van der Waals surface area (Å²) in [5.41, 5.74) is 5.50. The molecule has 0 saturated heterocycles. The summed E-state index contributed by atoms with van der Waals surface area (Å²) in [6.45, 7) is 5.61. The quantitative estimate of drug-likeness (QED) is 0.768. The van der Waals surface area contributed by atoms with Crippen molar-refractivity contribution >= 4 is 23.2 Å². The summed E-state index contributed by atoms with van der Waals surface area (Å²) >= 11 is 1.42. The zero-order valence-electron chi connectivity index (χ0n) is 11.3. The van der Waals surface area contributed by atoms with Crippen LogP contribution >= 0.6 is 11.3 Å². The van der Waals surface area contributed by atoms with E-state index in [2.05, 4.69) is 5.32 Å². The van der Waals surface area contributed by atoms with Crippen LogP contribution in [0, 0.1) is 5.41 Å². The van der Waals surface area contributed by atoms with Gasteiger partial charge in [0, 0.05) is 4.88 Å². The number of carboxylic acid groups (broad SMARTS) is 1. The van der Waals surface area contributed by atoms with Gasteiger partial charge < -0.3 is 16.2 Å². The Balaban J connectivity index is 2.79. The SMILES string of the molecule is CC(C)(C)C(N)C(=O)NC(CC(=O)O)c1cccs1. The Hall–Kier alpha value is -1.40. The number of thiophene rings is 1. The highest BCUT2D eigenvalue weighted by Gasteiger charge is 2.30. The standard InChI is InChI=1S/C13H20N2O3S/c1-13(2,3)11(14)12(18)15-8(7-10(16)17)9-5-4-6-19-9/h4-6,8,11H,7,14H2,1-3H3,(H,15,18)(H,16,17). The molecule has 1 aromatic heterocycles. The number of nitrogens with two attached hydrogens (primary N) is 1. The van der Waals surface area contributed by atoms with Gasteiger partial charge in [-0.1, -0.05) is 26.8 Å². The van der Waals surface area contributed by atoms with Gasteiger partial charge in [0.15, 0.2) is 0 Å². The monoisotopic (exact) mass is 284 g/mol. The Kier molecular flexibility index (Phi) is 5.08. The number of carboxylic acids is 1. The Labute approximate surface area is 116 Å². The molecule has 2 unspecified atom stereocenters. The number of hydrogen-bond acceptors (Lipinski definition) is 4. The van der Waals surface area contributed by atoms with Gasteiger partial charge in [-0.3, -0.25) is 9.59 Å². The highest BCUT2D eigenvalue weighted by atomic mass is 32.1. The highest BCUT2D eigenvalue weighted by Crippen LogP contribution is 2.24. The van der Waals surface area contributed by atoms with Crippen molar-refractivity contribution < 1.29 is 14.7 Å². The fourth-order valence-corrected chi connectivity index (χ4v) is 2.32. The van der Waals surface area contributed by atoms with Crippen LogP contribution in [0.5, 0.6) is 0 Å². The first-order valence-corrected chi connectivity index (χ1v) is 6.91. The molecule has 1 heterocycles. The molecule has 0 fully saturated rings. The zero-order chi connectivity index (χ0) is 14.6. The average molecular weight is 284 g/mol. The van der Waals surface area contributed by atoms with Crippen molar-refractivity contribution in [2.45, 2.75) is 39.3 Å². The molecule has 0 aliphatic heterocycles. The van der Waals surface area contributed by atoms with Crippen LogP contribution in [0.2, 0.25) is 0 Å². The fourth-order valence-electron chi connectivity index (χ4n) is 1.54. The summed E-state index contributed by atoms with van der Waals surface area (Å²) in [6.07, 6.45) is -0.150. The summed E-state index contributed by atoms with van der Waals surface area (Å²) in [5, 5.41) is 13.5. The molecule has 4 N–H and O–H groups in total. The van der Waals surface area contributed by atoms with Crippen molar-refractivity contribution in [1.82, 2.24) is 5.32 Å². The normalized spacial score (nSPS) is 14.7. The summed E-state index contributed by atoms with van der Waals surface area (Å²) in [5.74, 6) is -1.28. The average Bonchev–Trinajstić information content (AvgIpc) is 2.78. The van der Waals surface area contributed by atoms with Gasteiger partial charge in [0.2, 0.25) is 5.91 Å². The Bertz CT molecular complexity index is 437.